The zero-order chi connectivity index (χ0) is 16.4. The number of hydrogen-bond acceptors (Lipinski definition) is 3. The van der Waals surface area contributed by atoms with E-state index in [-0.39, 0.29) is 11.4 Å². The number of nitrogens with zero attached hydrogens (tertiary/aromatic N) is 4. The largest absolute Gasteiger partial charge is 0.416 e. The Morgan fingerprint density at radius 2 is 1.83 bits per heavy atom. The molecule has 23 heavy (non-hydrogen) atoms. The van der Waals surface area contributed by atoms with Crippen LogP contribution in [0.25, 0.3) is 11.4 Å². The number of aromatic nitrogens is 4. The lowest BCUT2D eigenvalue weighted by atomic mass is 10.1. The molecule has 0 aliphatic carbocycles. The molecule has 0 spiro atoms. The first-order valence-electron chi connectivity index (χ1n) is 6.93. The monoisotopic (exact) mass is 318 g/mol. The van der Waals surface area contributed by atoms with Gasteiger partial charge in [-0.25, -0.2) is 0 Å². The van der Waals surface area contributed by atoms with Crippen molar-refractivity contribution in [2.24, 2.45) is 0 Å². The number of rotatable bonds is 3. The quantitative estimate of drug-likeness (QED) is 0.739. The molecule has 0 aliphatic heterocycles. The van der Waals surface area contributed by atoms with Crippen molar-refractivity contribution in [3.05, 3.63) is 65.2 Å². The third-order valence-corrected chi connectivity index (χ3v) is 3.47. The van der Waals surface area contributed by atoms with Crippen molar-refractivity contribution in [3.63, 3.8) is 0 Å². The van der Waals surface area contributed by atoms with Crippen LogP contribution in [0.5, 0.6) is 0 Å². The second kappa shape index (κ2) is 5.83. The highest BCUT2D eigenvalue weighted by Crippen LogP contribution is 2.31. The van der Waals surface area contributed by atoms with Gasteiger partial charge in [-0.2, -0.15) is 18.0 Å². The highest BCUT2D eigenvalue weighted by atomic mass is 19.4. The number of aryl methyl sites for hydroxylation is 1. The van der Waals surface area contributed by atoms with Crippen molar-refractivity contribution in [3.8, 4) is 11.4 Å². The van der Waals surface area contributed by atoms with Gasteiger partial charge in [0.05, 0.1) is 12.1 Å². The van der Waals surface area contributed by atoms with Gasteiger partial charge in [-0.05, 0) is 35.4 Å². The Balaban J connectivity index is 1.86. The summed E-state index contributed by atoms with van der Waals surface area (Å²) < 4.78 is 38.3. The van der Waals surface area contributed by atoms with Crippen molar-refractivity contribution in [2.45, 2.75) is 19.6 Å². The molecule has 3 aromatic rings. The Labute approximate surface area is 130 Å². The molecule has 0 bridgehead atoms. The van der Waals surface area contributed by atoms with Gasteiger partial charge in [0, 0.05) is 5.56 Å². The molecule has 0 saturated heterocycles. The second-order valence-corrected chi connectivity index (χ2v) is 5.15. The fraction of sp³-hybridized carbons (Fsp3) is 0.188. The summed E-state index contributed by atoms with van der Waals surface area (Å²) in [5.74, 6) is 0.171. The minimum absolute atomic E-state index is 0.171. The first-order chi connectivity index (χ1) is 10.9. The summed E-state index contributed by atoms with van der Waals surface area (Å²) in [7, 11) is 0. The Hall–Kier alpha value is -2.70. The average molecular weight is 318 g/mol. The van der Waals surface area contributed by atoms with Gasteiger partial charge in [-0.3, -0.25) is 0 Å². The number of benzene rings is 2. The van der Waals surface area contributed by atoms with Crippen molar-refractivity contribution in [2.75, 3.05) is 0 Å². The summed E-state index contributed by atoms with van der Waals surface area (Å²) in [6, 6.07) is 12.7. The maximum absolute atomic E-state index is 12.8. The summed E-state index contributed by atoms with van der Waals surface area (Å²) in [5, 5.41) is 11.9. The van der Waals surface area contributed by atoms with Gasteiger partial charge in [0.15, 0.2) is 0 Å². The predicted octanol–water partition coefficient (Wildman–Crippen LogP) is 3.72. The zero-order valence-corrected chi connectivity index (χ0v) is 12.2. The van der Waals surface area contributed by atoms with Crippen LogP contribution in [0.15, 0.2) is 48.5 Å². The Bertz CT molecular complexity index is 824. The highest BCUT2D eigenvalue weighted by molar-refractivity contribution is 5.55. The fourth-order valence-electron chi connectivity index (χ4n) is 2.20. The van der Waals surface area contributed by atoms with E-state index in [1.807, 2.05) is 31.2 Å². The molecule has 0 saturated carbocycles. The number of alkyl halides is 3. The maximum atomic E-state index is 12.8. The molecule has 0 N–H and O–H groups in total. The fourth-order valence-corrected chi connectivity index (χ4v) is 2.20. The molecule has 0 radical (unpaired) electrons. The lowest BCUT2D eigenvalue weighted by Gasteiger charge is -2.06. The third-order valence-electron chi connectivity index (χ3n) is 3.47. The first-order valence-corrected chi connectivity index (χ1v) is 6.93. The summed E-state index contributed by atoms with van der Waals surface area (Å²) >= 11 is 0. The van der Waals surface area contributed by atoms with Gasteiger partial charge in [0.2, 0.25) is 5.82 Å². The van der Waals surface area contributed by atoms with E-state index in [0.717, 1.165) is 23.3 Å². The predicted molar refractivity (Wildman–Crippen MR) is 78.5 cm³/mol. The first kappa shape index (κ1) is 15.2. The van der Waals surface area contributed by atoms with Crippen LogP contribution < -0.4 is 0 Å². The maximum Gasteiger partial charge on any atom is 0.416 e. The van der Waals surface area contributed by atoms with Gasteiger partial charge in [0.25, 0.3) is 0 Å². The SMILES string of the molecule is Cc1ccccc1Cn1nnc(-c2cccc(C(F)(F)F)c2)n1. The molecule has 0 atom stereocenters. The highest BCUT2D eigenvalue weighted by Gasteiger charge is 2.30. The lowest BCUT2D eigenvalue weighted by Crippen LogP contribution is -2.05. The summed E-state index contributed by atoms with van der Waals surface area (Å²) in [4.78, 5) is 1.37. The molecule has 1 aromatic heterocycles. The summed E-state index contributed by atoms with van der Waals surface area (Å²) in [6.07, 6.45) is -4.40. The molecular weight excluding hydrogens is 305 g/mol. The van der Waals surface area contributed by atoms with Crippen molar-refractivity contribution >= 4 is 0 Å². The van der Waals surface area contributed by atoms with Crippen LogP contribution in [0.4, 0.5) is 13.2 Å². The molecule has 118 valence electrons. The molecule has 2 aromatic carbocycles. The van der Waals surface area contributed by atoms with E-state index in [9.17, 15) is 13.2 Å². The topological polar surface area (TPSA) is 43.6 Å². The molecule has 4 nitrogen and oxygen atoms in total. The molecule has 7 heteroatoms. The van der Waals surface area contributed by atoms with Gasteiger partial charge in [-0.1, -0.05) is 36.4 Å². The smallest absolute Gasteiger partial charge is 0.166 e. The number of halogens is 3. The van der Waals surface area contributed by atoms with Crippen LogP contribution in [0.3, 0.4) is 0 Å². The van der Waals surface area contributed by atoms with E-state index in [1.54, 1.807) is 0 Å². The molecule has 0 amide bonds. The minimum Gasteiger partial charge on any atom is -0.166 e. The molecule has 1 heterocycles. The molecule has 0 unspecified atom stereocenters. The van der Waals surface area contributed by atoms with E-state index >= 15 is 0 Å². The number of hydrogen-bond donors (Lipinski definition) is 0. The van der Waals surface area contributed by atoms with Crippen molar-refractivity contribution in [1.82, 2.24) is 20.2 Å². The van der Waals surface area contributed by atoms with E-state index < -0.39 is 11.7 Å². The average Bonchev–Trinajstić information content (AvgIpc) is 2.98. The Morgan fingerprint density at radius 1 is 1.04 bits per heavy atom. The lowest BCUT2D eigenvalue weighted by molar-refractivity contribution is -0.137. The van der Waals surface area contributed by atoms with Crippen LogP contribution >= 0.6 is 0 Å². The summed E-state index contributed by atoms with van der Waals surface area (Å²) in [5.41, 5.74) is 1.67. The van der Waals surface area contributed by atoms with Gasteiger partial charge < -0.3 is 0 Å². The van der Waals surface area contributed by atoms with E-state index in [4.69, 9.17) is 0 Å². The van der Waals surface area contributed by atoms with E-state index in [2.05, 4.69) is 15.4 Å². The van der Waals surface area contributed by atoms with Crippen molar-refractivity contribution < 1.29 is 13.2 Å². The van der Waals surface area contributed by atoms with Crippen LogP contribution in [0, 0.1) is 6.92 Å². The number of tetrazole rings is 1. The van der Waals surface area contributed by atoms with Gasteiger partial charge in [-0.15, -0.1) is 10.2 Å². The molecule has 3 rings (SSSR count). The normalized spacial score (nSPS) is 11.7. The standard InChI is InChI=1S/C16H13F3N4/c1-11-5-2-3-6-13(11)10-23-21-15(20-22-23)12-7-4-8-14(9-12)16(17,18)19/h2-9H,10H2,1H3. The molecule has 0 aliphatic rings. The molecular formula is C16H13F3N4. The minimum atomic E-state index is -4.40. The van der Waals surface area contributed by atoms with Crippen molar-refractivity contribution in [1.29, 1.82) is 0 Å². The van der Waals surface area contributed by atoms with Crippen LogP contribution in [-0.2, 0) is 12.7 Å². The van der Waals surface area contributed by atoms with Gasteiger partial charge in [0.1, 0.15) is 0 Å². The van der Waals surface area contributed by atoms with E-state index in [0.29, 0.717) is 6.54 Å². The van der Waals surface area contributed by atoms with Crippen LogP contribution in [-0.4, -0.2) is 20.2 Å². The van der Waals surface area contributed by atoms with Crippen LogP contribution in [0.1, 0.15) is 16.7 Å². The third kappa shape index (κ3) is 3.39. The Morgan fingerprint density at radius 3 is 2.57 bits per heavy atom. The molecule has 0 fully saturated rings. The Kier molecular flexibility index (Phi) is 3.85. The van der Waals surface area contributed by atoms with Gasteiger partial charge >= 0.3 is 6.18 Å². The van der Waals surface area contributed by atoms with Crippen LogP contribution in [0.2, 0.25) is 0 Å². The van der Waals surface area contributed by atoms with E-state index in [1.165, 1.54) is 16.9 Å². The second-order valence-electron chi connectivity index (χ2n) is 5.15. The zero-order valence-electron chi connectivity index (χ0n) is 12.2. The summed E-state index contributed by atoms with van der Waals surface area (Å²) in [6.45, 7) is 2.39.